The SMILES string of the molecule is CC(=O)CC(NP)c1ccccc1. The molecule has 2 unspecified atom stereocenters. The van der Waals surface area contributed by atoms with Gasteiger partial charge in [0, 0.05) is 12.5 Å². The van der Waals surface area contributed by atoms with Crippen LogP contribution < -0.4 is 5.09 Å². The first-order chi connectivity index (χ1) is 6.24. The molecule has 2 atom stereocenters. The number of rotatable bonds is 4. The zero-order valence-corrected chi connectivity index (χ0v) is 8.81. The molecule has 0 heterocycles. The Kier molecular flexibility index (Phi) is 4.07. The van der Waals surface area contributed by atoms with Crippen LogP contribution in [0.1, 0.15) is 24.9 Å². The molecule has 1 aromatic rings. The van der Waals surface area contributed by atoms with Crippen molar-refractivity contribution in [2.24, 2.45) is 0 Å². The van der Waals surface area contributed by atoms with Crippen molar-refractivity contribution in [1.82, 2.24) is 5.09 Å². The van der Waals surface area contributed by atoms with Gasteiger partial charge in [0.05, 0.1) is 0 Å². The van der Waals surface area contributed by atoms with Gasteiger partial charge < -0.3 is 0 Å². The van der Waals surface area contributed by atoms with Gasteiger partial charge in [0.25, 0.3) is 0 Å². The zero-order valence-electron chi connectivity index (χ0n) is 7.66. The molecule has 0 aliphatic carbocycles. The van der Waals surface area contributed by atoms with E-state index >= 15 is 0 Å². The van der Waals surface area contributed by atoms with Crippen LogP contribution in [0.2, 0.25) is 0 Å². The summed E-state index contributed by atoms with van der Waals surface area (Å²) in [6.45, 7) is 1.61. The summed E-state index contributed by atoms with van der Waals surface area (Å²) in [6.07, 6.45) is 0.535. The van der Waals surface area contributed by atoms with Crippen molar-refractivity contribution in [2.75, 3.05) is 0 Å². The fourth-order valence-electron chi connectivity index (χ4n) is 1.25. The number of hydrogen-bond acceptors (Lipinski definition) is 2. The molecule has 0 aromatic heterocycles. The first kappa shape index (κ1) is 10.4. The highest BCUT2D eigenvalue weighted by molar-refractivity contribution is 7.13. The average molecular weight is 195 g/mol. The molecule has 0 aliphatic rings. The summed E-state index contributed by atoms with van der Waals surface area (Å²) in [7, 11) is 2.45. The Morgan fingerprint density at radius 2 is 2.08 bits per heavy atom. The summed E-state index contributed by atoms with van der Waals surface area (Å²) in [4.78, 5) is 10.9. The minimum atomic E-state index is 0.115. The number of Topliss-reactive ketones (excluding diaryl/α,β-unsaturated/α-hetero) is 1. The number of carbonyl (C=O) groups excluding carboxylic acids is 1. The van der Waals surface area contributed by atoms with Gasteiger partial charge in [0.1, 0.15) is 5.78 Å². The lowest BCUT2D eigenvalue weighted by molar-refractivity contribution is -0.117. The Hall–Kier alpha value is -0.720. The van der Waals surface area contributed by atoms with Crippen molar-refractivity contribution in [2.45, 2.75) is 19.4 Å². The maximum atomic E-state index is 10.9. The lowest BCUT2D eigenvalue weighted by atomic mass is 10.0. The molecule has 0 bridgehead atoms. The van der Waals surface area contributed by atoms with Crippen LogP contribution in [0.4, 0.5) is 0 Å². The van der Waals surface area contributed by atoms with Crippen molar-refractivity contribution in [1.29, 1.82) is 0 Å². The van der Waals surface area contributed by atoms with Crippen LogP contribution in [0.5, 0.6) is 0 Å². The highest BCUT2D eigenvalue weighted by atomic mass is 31.0. The summed E-state index contributed by atoms with van der Waals surface area (Å²) < 4.78 is 0. The monoisotopic (exact) mass is 195 g/mol. The van der Waals surface area contributed by atoms with Gasteiger partial charge in [-0.1, -0.05) is 39.7 Å². The molecule has 1 aromatic carbocycles. The predicted octanol–water partition coefficient (Wildman–Crippen LogP) is 2.09. The van der Waals surface area contributed by atoms with Crippen LogP contribution >= 0.6 is 9.39 Å². The molecule has 0 fully saturated rings. The maximum Gasteiger partial charge on any atom is 0.131 e. The Labute approximate surface area is 81.0 Å². The van der Waals surface area contributed by atoms with Crippen LogP contribution in [0.25, 0.3) is 0 Å². The molecule has 1 N–H and O–H groups in total. The van der Waals surface area contributed by atoms with E-state index in [1.807, 2.05) is 30.3 Å². The molecule has 0 amide bonds. The second-order valence-corrected chi connectivity index (χ2v) is 3.37. The molecule has 2 nitrogen and oxygen atoms in total. The van der Waals surface area contributed by atoms with Gasteiger partial charge in [-0.2, -0.15) is 0 Å². The smallest absolute Gasteiger partial charge is 0.131 e. The molecule has 0 spiro atoms. The Morgan fingerprint density at radius 1 is 1.46 bits per heavy atom. The van der Waals surface area contributed by atoms with Crippen LogP contribution in [0.15, 0.2) is 30.3 Å². The van der Waals surface area contributed by atoms with Gasteiger partial charge in [-0.15, -0.1) is 0 Å². The minimum absolute atomic E-state index is 0.115. The van der Waals surface area contributed by atoms with Gasteiger partial charge in [-0.05, 0) is 12.5 Å². The quantitative estimate of drug-likeness (QED) is 0.745. The topological polar surface area (TPSA) is 29.1 Å². The molecule has 3 heteroatoms. The summed E-state index contributed by atoms with van der Waals surface area (Å²) in [5, 5.41) is 3.05. The standard InChI is InChI=1S/C10H14NOP/c1-8(12)7-10(11-13)9-5-3-2-4-6-9/h2-6,10-11H,7,13H2,1H3. The molecular weight excluding hydrogens is 181 g/mol. The number of hydrogen-bond donors (Lipinski definition) is 1. The van der Waals surface area contributed by atoms with E-state index in [1.165, 1.54) is 0 Å². The van der Waals surface area contributed by atoms with Gasteiger partial charge in [0.15, 0.2) is 0 Å². The van der Waals surface area contributed by atoms with Crippen molar-refractivity contribution in [3.63, 3.8) is 0 Å². The molecule has 0 radical (unpaired) electrons. The van der Waals surface area contributed by atoms with E-state index in [1.54, 1.807) is 6.92 Å². The average Bonchev–Trinajstić information content (AvgIpc) is 2.15. The van der Waals surface area contributed by atoms with Crippen LogP contribution in [-0.2, 0) is 4.79 Å². The first-order valence-electron chi connectivity index (χ1n) is 4.24. The minimum Gasteiger partial charge on any atom is -0.300 e. The highest BCUT2D eigenvalue weighted by Crippen LogP contribution is 2.17. The van der Waals surface area contributed by atoms with E-state index in [0.717, 1.165) is 5.56 Å². The summed E-state index contributed by atoms with van der Waals surface area (Å²) in [5.74, 6) is 0.198. The number of benzene rings is 1. The van der Waals surface area contributed by atoms with Gasteiger partial charge >= 0.3 is 0 Å². The third-order valence-corrected chi connectivity index (χ3v) is 2.30. The van der Waals surface area contributed by atoms with E-state index in [9.17, 15) is 4.79 Å². The largest absolute Gasteiger partial charge is 0.300 e. The van der Waals surface area contributed by atoms with Crippen molar-refractivity contribution < 1.29 is 4.79 Å². The van der Waals surface area contributed by atoms with Crippen molar-refractivity contribution >= 4 is 15.2 Å². The Morgan fingerprint density at radius 3 is 2.54 bits per heavy atom. The molecule has 0 saturated heterocycles. The first-order valence-corrected chi connectivity index (χ1v) is 4.82. The second kappa shape index (κ2) is 5.11. The highest BCUT2D eigenvalue weighted by Gasteiger charge is 2.10. The van der Waals surface area contributed by atoms with Crippen LogP contribution in [0, 0.1) is 0 Å². The van der Waals surface area contributed by atoms with Crippen LogP contribution in [0.3, 0.4) is 0 Å². The maximum absolute atomic E-state index is 10.9. The summed E-state index contributed by atoms with van der Waals surface area (Å²) in [5.41, 5.74) is 1.15. The van der Waals surface area contributed by atoms with E-state index < -0.39 is 0 Å². The summed E-state index contributed by atoms with van der Waals surface area (Å²) >= 11 is 0. The van der Waals surface area contributed by atoms with Crippen molar-refractivity contribution in [3.8, 4) is 0 Å². The van der Waals surface area contributed by atoms with Gasteiger partial charge in [-0.25, -0.2) is 0 Å². The third kappa shape index (κ3) is 3.25. The van der Waals surface area contributed by atoms with Gasteiger partial charge in [-0.3, -0.25) is 9.88 Å². The van der Waals surface area contributed by atoms with Crippen molar-refractivity contribution in [3.05, 3.63) is 35.9 Å². The number of carbonyl (C=O) groups is 1. The number of ketones is 1. The molecule has 13 heavy (non-hydrogen) atoms. The predicted molar refractivity (Wildman–Crippen MR) is 57.3 cm³/mol. The summed E-state index contributed by atoms with van der Waals surface area (Å²) in [6, 6.07) is 10.1. The fourth-order valence-corrected chi connectivity index (χ4v) is 1.56. The second-order valence-electron chi connectivity index (χ2n) is 3.04. The zero-order chi connectivity index (χ0) is 9.68. The van der Waals surface area contributed by atoms with Crippen LogP contribution in [-0.4, -0.2) is 5.78 Å². The lowest BCUT2D eigenvalue weighted by Gasteiger charge is -2.14. The van der Waals surface area contributed by atoms with E-state index in [0.29, 0.717) is 6.42 Å². The molecule has 70 valence electrons. The normalized spacial score (nSPS) is 12.5. The fraction of sp³-hybridized carbons (Fsp3) is 0.300. The third-order valence-electron chi connectivity index (χ3n) is 1.89. The Bertz CT molecular complexity index is 274. The van der Waals surface area contributed by atoms with E-state index in [-0.39, 0.29) is 11.8 Å². The lowest BCUT2D eigenvalue weighted by Crippen LogP contribution is -2.13. The number of nitrogens with one attached hydrogen (secondary N) is 1. The van der Waals surface area contributed by atoms with E-state index in [2.05, 4.69) is 14.5 Å². The van der Waals surface area contributed by atoms with Gasteiger partial charge in [0.2, 0.25) is 0 Å². The molecule has 1 rings (SSSR count). The molecular formula is C10H14NOP. The van der Waals surface area contributed by atoms with E-state index in [4.69, 9.17) is 0 Å². The molecule has 0 aliphatic heterocycles. The molecule has 0 saturated carbocycles. The Balaban J connectivity index is 2.73.